The summed E-state index contributed by atoms with van der Waals surface area (Å²) >= 11 is 5.83. The maximum atomic E-state index is 10.5. The van der Waals surface area contributed by atoms with E-state index in [9.17, 15) is 4.79 Å². The molecule has 6 heteroatoms. The number of nitrogens with two attached hydrogens (primary N) is 1. The molecule has 0 aromatic rings. The Morgan fingerprint density at radius 3 is 2.59 bits per heavy atom. The zero-order valence-electron chi connectivity index (χ0n) is 10.0. The van der Waals surface area contributed by atoms with Gasteiger partial charge in [-0.05, 0) is 13.8 Å². The third kappa shape index (κ3) is 9.94. The van der Waals surface area contributed by atoms with Crippen molar-refractivity contribution in [2.45, 2.75) is 38.0 Å². The highest BCUT2D eigenvalue weighted by molar-refractivity contribution is 6.20. The van der Waals surface area contributed by atoms with Gasteiger partial charge in [0.2, 0.25) is 0 Å². The van der Waals surface area contributed by atoms with Gasteiger partial charge in [-0.25, -0.2) is 4.79 Å². The van der Waals surface area contributed by atoms with Crippen LogP contribution in [-0.2, 0) is 14.2 Å². The van der Waals surface area contributed by atoms with Gasteiger partial charge in [-0.2, -0.15) is 0 Å². The Bertz CT molecular complexity index is 265. The zero-order valence-corrected chi connectivity index (χ0v) is 10.8. The van der Waals surface area contributed by atoms with Crippen molar-refractivity contribution in [2.75, 3.05) is 13.2 Å². The molecule has 17 heavy (non-hydrogen) atoms. The number of carbonyl (C=O) groups excluding carboxylic acids is 1. The number of amides is 1. The van der Waals surface area contributed by atoms with Crippen LogP contribution in [0.1, 0.15) is 20.3 Å². The molecule has 0 radical (unpaired) electrons. The van der Waals surface area contributed by atoms with Gasteiger partial charge in [-0.1, -0.05) is 5.92 Å². The molecule has 0 aliphatic heterocycles. The van der Waals surface area contributed by atoms with Crippen molar-refractivity contribution < 1.29 is 19.0 Å². The summed E-state index contributed by atoms with van der Waals surface area (Å²) in [5.41, 5.74) is 4.87. The normalized spacial score (nSPS) is 15.6. The van der Waals surface area contributed by atoms with Crippen LogP contribution in [0.2, 0.25) is 0 Å². The van der Waals surface area contributed by atoms with Crippen LogP contribution in [0.15, 0.2) is 0 Å². The molecule has 0 fully saturated rings. The van der Waals surface area contributed by atoms with Gasteiger partial charge in [-0.15, -0.1) is 18.0 Å². The van der Waals surface area contributed by atoms with E-state index < -0.39 is 18.5 Å². The summed E-state index contributed by atoms with van der Waals surface area (Å²) in [5.74, 6) is 2.34. The van der Waals surface area contributed by atoms with E-state index in [0.29, 0.717) is 6.42 Å². The van der Waals surface area contributed by atoms with Crippen LogP contribution in [-0.4, -0.2) is 37.1 Å². The summed E-state index contributed by atoms with van der Waals surface area (Å²) < 4.78 is 15.3. The lowest BCUT2D eigenvalue weighted by molar-refractivity contribution is -0.150. The first kappa shape index (κ1) is 16.0. The van der Waals surface area contributed by atoms with Crippen LogP contribution in [0.4, 0.5) is 4.79 Å². The first-order chi connectivity index (χ1) is 7.95. The maximum absolute atomic E-state index is 10.5. The molecule has 3 atom stereocenters. The van der Waals surface area contributed by atoms with Gasteiger partial charge < -0.3 is 19.9 Å². The Kier molecular flexibility index (Phi) is 8.60. The van der Waals surface area contributed by atoms with Gasteiger partial charge in [0, 0.05) is 11.8 Å². The smallest absolute Gasteiger partial charge is 0.404 e. The number of terminal acetylenes is 1. The quantitative estimate of drug-likeness (QED) is 0.409. The van der Waals surface area contributed by atoms with E-state index in [1.54, 1.807) is 6.92 Å². The maximum Gasteiger partial charge on any atom is 0.404 e. The fraction of sp³-hybridized carbons (Fsp3) is 0.727. The summed E-state index contributed by atoms with van der Waals surface area (Å²) in [6.45, 7) is 3.79. The molecule has 0 saturated heterocycles. The Labute approximate surface area is 107 Å². The van der Waals surface area contributed by atoms with Gasteiger partial charge in [0.15, 0.2) is 6.29 Å². The van der Waals surface area contributed by atoms with E-state index in [1.165, 1.54) is 0 Å². The van der Waals surface area contributed by atoms with Gasteiger partial charge in [0.1, 0.15) is 12.7 Å². The molecule has 0 rings (SSSR count). The number of hydrogen-bond donors (Lipinski definition) is 1. The van der Waals surface area contributed by atoms with Crippen LogP contribution < -0.4 is 5.73 Å². The first-order valence-corrected chi connectivity index (χ1v) is 5.66. The minimum absolute atomic E-state index is 0.106. The third-order valence-electron chi connectivity index (χ3n) is 1.70. The molecular formula is C11H18ClNO4. The predicted octanol–water partition coefficient (Wildman–Crippen LogP) is 1.48. The molecule has 0 aliphatic carbocycles. The molecule has 0 aromatic carbocycles. The van der Waals surface area contributed by atoms with Crippen molar-refractivity contribution in [3.05, 3.63) is 0 Å². The summed E-state index contributed by atoms with van der Waals surface area (Å²) in [5, 5.41) is -0.106. The summed E-state index contributed by atoms with van der Waals surface area (Å²) in [6, 6.07) is 0. The number of alkyl halides is 1. The second-order valence-corrected chi connectivity index (χ2v) is 4.29. The van der Waals surface area contributed by atoms with Crippen LogP contribution >= 0.6 is 11.6 Å². The first-order valence-electron chi connectivity index (χ1n) is 5.22. The molecule has 0 heterocycles. The SMILES string of the molecule is C#CCOC(CC(C)Cl)OCC(C)OC(N)=O. The van der Waals surface area contributed by atoms with Crippen LogP contribution in [0, 0.1) is 12.3 Å². The van der Waals surface area contributed by atoms with Crippen molar-refractivity contribution in [3.63, 3.8) is 0 Å². The summed E-state index contributed by atoms with van der Waals surface area (Å²) in [7, 11) is 0. The highest BCUT2D eigenvalue weighted by Gasteiger charge is 2.15. The monoisotopic (exact) mass is 263 g/mol. The largest absolute Gasteiger partial charge is 0.444 e. The number of hydrogen-bond acceptors (Lipinski definition) is 4. The Balaban J connectivity index is 3.97. The minimum Gasteiger partial charge on any atom is -0.444 e. The molecule has 0 bridgehead atoms. The molecule has 0 aliphatic rings. The molecule has 5 nitrogen and oxygen atoms in total. The van der Waals surface area contributed by atoms with Crippen LogP contribution in [0.5, 0.6) is 0 Å². The van der Waals surface area contributed by atoms with Crippen LogP contribution in [0.25, 0.3) is 0 Å². The van der Waals surface area contributed by atoms with E-state index in [-0.39, 0.29) is 18.6 Å². The number of ether oxygens (including phenoxy) is 3. The average Bonchev–Trinajstić information content (AvgIpc) is 2.20. The topological polar surface area (TPSA) is 70.8 Å². The Hall–Kier alpha value is -0.960. The van der Waals surface area contributed by atoms with E-state index in [1.807, 2.05) is 6.92 Å². The minimum atomic E-state index is -0.840. The predicted molar refractivity (Wildman–Crippen MR) is 64.6 cm³/mol. The van der Waals surface area contributed by atoms with Crippen molar-refractivity contribution in [3.8, 4) is 12.3 Å². The fourth-order valence-electron chi connectivity index (χ4n) is 1.07. The highest BCUT2D eigenvalue weighted by atomic mass is 35.5. The molecule has 98 valence electrons. The molecule has 0 spiro atoms. The van der Waals surface area contributed by atoms with E-state index in [0.717, 1.165) is 0 Å². The van der Waals surface area contributed by atoms with Crippen molar-refractivity contribution >= 4 is 17.7 Å². The summed E-state index contributed by atoms with van der Waals surface area (Å²) in [6.07, 6.45) is 3.77. The van der Waals surface area contributed by atoms with Crippen molar-refractivity contribution in [2.24, 2.45) is 5.73 Å². The van der Waals surface area contributed by atoms with Gasteiger partial charge in [0.05, 0.1) is 6.61 Å². The van der Waals surface area contributed by atoms with E-state index >= 15 is 0 Å². The molecule has 0 aromatic heterocycles. The van der Waals surface area contributed by atoms with Crippen molar-refractivity contribution in [1.29, 1.82) is 0 Å². The second kappa shape index (κ2) is 9.11. The molecule has 2 N–H and O–H groups in total. The molecule has 3 unspecified atom stereocenters. The molecular weight excluding hydrogens is 246 g/mol. The number of primary amides is 1. The Morgan fingerprint density at radius 1 is 1.47 bits per heavy atom. The van der Waals surface area contributed by atoms with Gasteiger partial charge in [0.25, 0.3) is 0 Å². The van der Waals surface area contributed by atoms with Crippen molar-refractivity contribution in [1.82, 2.24) is 0 Å². The number of rotatable bonds is 8. The zero-order chi connectivity index (χ0) is 13.3. The lowest BCUT2D eigenvalue weighted by Crippen LogP contribution is -2.29. The van der Waals surface area contributed by atoms with Gasteiger partial charge in [-0.3, -0.25) is 0 Å². The number of halogens is 1. The lowest BCUT2D eigenvalue weighted by atomic mass is 10.3. The molecule has 0 saturated carbocycles. The standard InChI is InChI=1S/C11H18ClNO4/c1-4-5-15-10(6-8(2)12)16-7-9(3)17-11(13)14/h1,8-10H,5-7H2,2-3H3,(H2,13,14). The fourth-order valence-corrected chi connectivity index (χ4v) is 1.21. The van der Waals surface area contributed by atoms with E-state index in [2.05, 4.69) is 5.92 Å². The highest BCUT2D eigenvalue weighted by Crippen LogP contribution is 2.10. The second-order valence-electron chi connectivity index (χ2n) is 3.54. The third-order valence-corrected chi connectivity index (χ3v) is 1.88. The van der Waals surface area contributed by atoms with E-state index in [4.69, 9.17) is 38.0 Å². The van der Waals surface area contributed by atoms with Crippen LogP contribution in [0.3, 0.4) is 0 Å². The average molecular weight is 264 g/mol. The Morgan fingerprint density at radius 2 is 2.12 bits per heavy atom. The lowest BCUT2D eigenvalue weighted by Gasteiger charge is -2.20. The molecule has 1 amide bonds. The van der Waals surface area contributed by atoms with Gasteiger partial charge >= 0.3 is 6.09 Å². The summed E-state index contributed by atoms with van der Waals surface area (Å²) in [4.78, 5) is 10.5. The number of carbonyl (C=O) groups is 1.